The van der Waals surface area contributed by atoms with E-state index in [1.54, 1.807) is 18.2 Å². The molecule has 126 valence electrons. The molecule has 0 saturated heterocycles. The Bertz CT molecular complexity index is 750. The fraction of sp³-hybridized carbons (Fsp3) is 0.222. The minimum absolute atomic E-state index is 0.103. The number of carbonyl (C=O) groups excluding carboxylic acids is 2. The Morgan fingerprint density at radius 3 is 2.04 bits per heavy atom. The molecule has 0 aromatic heterocycles. The molecule has 0 radical (unpaired) electrons. The average molecular weight is 365 g/mol. The summed E-state index contributed by atoms with van der Waals surface area (Å²) in [5.74, 6) is -0.686. The predicted octanol–water partition coefficient (Wildman–Crippen LogP) is 4.32. The number of carbonyl (C=O) groups is 2. The molecular weight excluding hydrogens is 347 g/mol. The fourth-order valence-corrected chi connectivity index (χ4v) is 2.93. The van der Waals surface area contributed by atoms with Gasteiger partial charge >= 0.3 is 0 Å². The quantitative estimate of drug-likeness (QED) is 0.877. The molecule has 0 aliphatic rings. The zero-order valence-corrected chi connectivity index (χ0v) is 15.2. The van der Waals surface area contributed by atoms with Crippen molar-refractivity contribution < 1.29 is 9.59 Å². The highest BCUT2D eigenvalue weighted by atomic mass is 35.5. The minimum Gasteiger partial charge on any atom is -0.332 e. The molecule has 0 saturated carbocycles. The van der Waals surface area contributed by atoms with E-state index in [1.807, 2.05) is 32.0 Å². The van der Waals surface area contributed by atoms with E-state index in [9.17, 15) is 9.59 Å². The van der Waals surface area contributed by atoms with Gasteiger partial charge in [0, 0.05) is 12.7 Å². The lowest BCUT2D eigenvalue weighted by Gasteiger charge is -2.19. The maximum Gasteiger partial charge on any atom is 0.257 e. The molecule has 4 nitrogen and oxygen atoms in total. The smallest absolute Gasteiger partial charge is 0.257 e. The van der Waals surface area contributed by atoms with Gasteiger partial charge in [-0.05, 0) is 37.1 Å². The Labute approximate surface area is 151 Å². The van der Waals surface area contributed by atoms with E-state index in [4.69, 9.17) is 23.2 Å². The number of anilines is 1. The number of hydrogen-bond donors (Lipinski definition) is 1. The molecule has 24 heavy (non-hydrogen) atoms. The summed E-state index contributed by atoms with van der Waals surface area (Å²) in [6.45, 7) is 3.73. The highest BCUT2D eigenvalue weighted by Gasteiger charge is 2.20. The second-order valence-corrected chi connectivity index (χ2v) is 6.39. The van der Waals surface area contributed by atoms with Gasteiger partial charge in [0.2, 0.25) is 5.91 Å². The molecule has 0 heterocycles. The number of amides is 2. The predicted molar refractivity (Wildman–Crippen MR) is 98.0 cm³/mol. The highest BCUT2D eigenvalue weighted by Crippen LogP contribution is 2.25. The summed E-state index contributed by atoms with van der Waals surface area (Å²) < 4.78 is 0. The molecule has 0 fully saturated rings. The summed E-state index contributed by atoms with van der Waals surface area (Å²) in [6.07, 6.45) is 0. The van der Waals surface area contributed by atoms with Crippen molar-refractivity contribution in [2.45, 2.75) is 13.8 Å². The molecule has 0 aliphatic heterocycles. The van der Waals surface area contributed by atoms with Crippen LogP contribution in [0.2, 0.25) is 10.0 Å². The average Bonchev–Trinajstić information content (AvgIpc) is 2.50. The van der Waals surface area contributed by atoms with Crippen molar-refractivity contribution in [2.75, 3.05) is 18.9 Å². The summed E-state index contributed by atoms with van der Waals surface area (Å²) >= 11 is 12.1. The normalized spacial score (nSPS) is 10.4. The van der Waals surface area contributed by atoms with Crippen molar-refractivity contribution >= 4 is 40.7 Å². The van der Waals surface area contributed by atoms with Gasteiger partial charge in [-0.2, -0.15) is 0 Å². The van der Waals surface area contributed by atoms with Gasteiger partial charge in [-0.15, -0.1) is 0 Å². The number of rotatable bonds is 4. The van der Waals surface area contributed by atoms with Gasteiger partial charge in [-0.1, -0.05) is 47.5 Å². The first-order chi connectivity index (χ1) is 11.3. The van der Waals surface area contributed by atoms with Gasteiger partial charge in [-0.25, -0.2) is 0 Å². The van der Waals surface area contributed by atoms with Gasteiger partial charge in [0.05, 0.1) is 22.2 Å². The van der Waals surface area contributed by atoms with Crippen LogP contribution in [0.4, 0.5) is 5.69 Å². The first-order valence-electron chi connectivity index (χ1n) is 7.36. The minimum atomic E-state index is -0.401. The highest BCUT2D eigenvalue weighted by molar-refractivity contribution is 6.39. The molecular formula is C18H18Cl2N2O2. The topological polar surface area (TPSA) is 49.4 Å². The van der Waals surface area contributed by atoms with Crippen LogP contribution < -0.4 is 5.32 Å². The lowest BCUT2D eigenvalue weighted by atomic mass is 10.1. The van der Waals surface area contributed by atoms with Crippen molar-refractivity contribution in [3.05, 3.63) is 63.1 Å². The standard InChI is InChI=1S/C18H18Cl2N2O2/c1-11-6-4-7-12(2)17(11)21-15(23)10-22(3)18(24)16-13(19)8-5-9-14(16)20/h4-9H,10H2,1-3H3,(H,21,23). The van der Waals surface area contributed by atoms with Gasteiger partial charge in [0.1, 0.15) is 0 Å². The summed E-state index contributed by atoms with van der Waals surface area (Å²) in [4.78, 5) is 26.0. The van der Waals surface area contributed by atoms with Crippen molar-refractivity contribution in [2.24, 2.45) is 0 Å². The van der Waals surface area contributed by atoms with Crippen LogP contribution >= 0.6 is 23.2 Å². The number of likely N-dealkylation sites (N-methyl/N-ethyl adjacent to an activating group) is 1. The summed E-state index contributed by atoms with van der Waals surface area (Å²) in [6, 6.07) is 10.6. The summed E-state index contributed by atoms with van der Waals surface area (Å²) in [5, 5.41) is 3.36. The van der Waals surface area contributed by atoms with Crippen LogP contribution in [0.25, 0.3) is 0 Å². The van der Waals surface area contributed by atoms with Gasteiger partial charge in [0.25, 0.3) is 5.91 Å². The SMILES string of the molecule is Cc1cccc(C)c1NC(=O)CN(C)C(=O)c1c(Cl)cccc1Cl. The molecule has 6 heteroatoms. The third-order valence-electron chi connectivity index (χ3n) is 3.65. The molecule has 2 aromatic carbocycles. The fourth-order valence-electron chi connectivity index (χ4n) is 2.37. The molecule has 0 bridgehead atoms. The molecule has 0 aliphatic carbocycles. The molecule has 0 unspecified atom stereocenters. The lowest BCUT2D eigenvalue weighted by Crippen LogP contribution is -2.35. The molecule has 2 aromatic rings. The van der Waals surface area contributed by atoms with Crippen LogP contribution in [0.5, 0.6) is 0 Å². The van der Waals surface area contributed by atoms with Gasteiger partial charge < -0.3 is 10.2 Å². The zero-order valence-electron chi connectivity index (χ0n) is 13.7. The number of benzene rings is 2. The second kappa shape index (κ2) is 7.69. The van der Waals surface area contributed by atoms with Crippen molar-refractivity contribution in [3.63, 3.8) is 0 Å². The Kier molecular flexibility index (Phi) is 5.86. The van der Waals surface area contributed by atoms with E-state index in [2.05, 4.69) is 5.32 Å². The Morgan fingerprint density at radius 2 is 1.50 bits per heavy atom. The number of nitrogens with one attached hydrogen (secondary N) is 1. The number of aryl methyl sites for hydroxylation is 2. The third-order valence-corrected chi connectivity index (χ3v) is 4.28. The summed E-state index contributed by atoms with van der Waals surface area (Å²) in [7, 11) is 1.53. The molecule has 2 rings (SSSR count). The van der Waals surface area contributed by atoms with Crippen molar-refractivity contribution in [1.82, 2.24) is 4.90 Å². The maximum atomic E-state index is 12.5. The van der Waals surface area contributed by atoms with Crippen LogP contribution in [-0.2, 0) is 4.79 Å². The van der Waals surface area contributed by atoms with E-state index in [-0.39, 0.29) is 28.1 Å². The molecule has 0 atom stereocenters. The van der Waals surface area contributed by atoms with E-state index in [0.717, 1.165) is 16.8 Å². The number of para-hydroxylation sites is 1. The molecule has 1 N–H and O–H groups in total. The summed E-state index contributed by atoms with van der Waals surface area (Å²) in [5.41, 5.74) is 2.89. The third kappa shape index (κ3) is 4.08. The van der Waals surface area contributed by atoms with Crippen LogP contribution in [-0.4, -0.2) is 30.3 Å². The molecule has 2 amide bonds. The van der Waals surface area contributed by atoms with Crippen LogP contribution in [0.1, 0.15) is 21.5 Å². The van der Waals surface area contributed by atoms with Gasteiger partial charge in [0.15, 0.2) is 0 Å². The first kappa shape index (κ1) is 18.3. The van der Waals surface area contributed by atoms with E-state index < -0.39 is 5.91 Å². The zero-order chi connectivity index (χ0) is 17.9. The van der Waals surface area contributed by atoms with Crippen LogP contribution in [0.3, 0.4) is 0 Å². The second-order valence-electron chi connectivity index (χ2n) is 5.57. The number of hydrogen-bond acceptors (Lipinski definition) is 2. The van der Waals surface area contributed by atoms with E-state index in [0.29, 0.717) is 0 Å². The Hall–Kier alpha value is -2.04. The van der Waals surface area contributed by atoms with E-state index in [1.165, 1.54) is 11.9 Å². The largest absolute Gasteiger partial charge is 0.332 e. The number of nitrogens with zero attached hydrogens (tertiary/aromatic N) is 1. The Balaban J connectivity index is 2.10. The van der Waals surface area contributed by atoms with Gasteiger partial charge in [-0.3, -0.25) is 9.59 Å². The molecule has 0 spiro atoms. The van der Waals surface area contributed by atoms with E-state index >= 15 is 0 Å². The monoisotopic (exact) mass is 364 g/mol. The van der Waals surface area contributed by atoms with Crippen LogP contribution in [0, 0.1) is 13.8 Å². The maximum absolute atomic E-state index is 12.5. The Morgan fingerprint density at radius 1 is 1.00 bits per heavy atom. The van der Waals surface area contributed by atoms with Crippen LogP contribution in [0.15, 0.2) is 36.4 Å². The first-order valence-corrected chi connectivity index (χ1v) is 8.12. The van der Waals surface area contributed by atoms with Crippen molar-refractivity contribution in [3.8, 4) is 0 Å². The van der Waals surface area contributed by atoms with Crippen molar-refractivity contribution in [1.29, 1.82) is 0 Å². The number of halogens is 2. The lowest BCUT2D eigenvalue weighted by molar-refractivity contribution is -0.116.